The van der Waals surface area contributed by atoms with E-state index >= 15 is 0 Å². The van der Waals surface area contributed by atoms with E-state index in [4.69, 9.17) is 5.14 Å². The number of nitrogens with zero attached hydrogens (tertiary/aromatic N) is 6. The number of aromatic nitrogens is 5. The fourth-order valence-electron chi connectivity index (χ4n) is 4.39. The summed E-state index contributed by atoms with van der Waals surface area (Å²) in [7, 11) is -7.12. The minimum absolute atomic E-state index is 0.00308. The molecule has 1 aliphatic heterocycles. The van der Waals surface area contributed by atoms with E-state index in [0.29, 0.717) is 54.2 Å². The second-order valence-corrected chi connectivity index (χ2v) is 12.9. The molecule has 39 heavy (non-hydrogen) atoms. The fraction of sp³-hybridized carbons (Fsp3) is 0.292. The van der Waals surface area contributed by atoms with Crippen molar-refractivity contribution in [3.63, 3.8) is 0 Å². The van der Waals surface area contributed by atoms with Crippen molar-refractivity contribution in [2.45, 2.75) is 30.3 Å². The van der Waals surface area contributed by atoms with Crippen LogP contribution in [0, 0.1) is 0 Å². The van der Waals surface area contributed by atoms with Crippen molar-refractivity contribution in [1.29, 1.82) is 0 Å². The summed E-state index contributed by atoms with van der Waals surface area (Å²) in [6, 6.07) is 8.01. The molecule has 0 saturated carbocycles. The maximum Gasteiger partial charge on any atom is 0.252 e. The molecule has 0 aromatic carbocycles. The Balaban J connectivity index is 1.37. The predicted molar refractivity (Wildman–Crippen MR) is 145 cm³/mol. The van der Waals surface area contributed by atoms with Gasteiger partial charge in [0.15, 0.2) is 0 Å². The van der Waals surface area contributed by atoms with Crippen LogP contribution in [0.25, 0.3) is 22.3 Å². The van der Waals surface area contributed by atoms with Crippen molar-refractivity contribution < 1.29 is 16.8 Å². The summed E-state index contributed by atoms with van der Waals surface area (Å²) in [4.78, 5) is 30.0. The third-order valence-electron chi connectivity index (χ3n) is 6.48. The Bertz CT molecular complexity index is 1800. The highest BCUT2D eigenvalue weighted by atomic mass is 32.2. The normalized spacial score (nSPS) is 15.4. The van der Waals surface area contributed by atoms with Crippen molar-refractivity contribution in [2.75, 3.05) is 24.7 Å². The molecule has 0 spiro atoms. The molecule has 0 radical (unpaired) electrons. The number of hydrogen-bond donors (Lipinski definition) is 2. The number of nitrogens with two attached hydrogens (primary N) is 1. The van der Waals surface area contributed by atoms with Crippen molar-refractivity contribution >= 4 is 37.0 Å². The average Bonchev–Trinajstić information content (AvgIpc) is 2.90. The number of primary sulfonamides is 1. The topological polar surface area (TPSA) is 183 Å². The zero-order valence-electron chi connectivity index (χ0n) is 20.9. The van der Waals surface area contributed by atoms with Gasteiger partial charge in [0, 0.05) is 60.9 Å². The summed E-state index contributed by atoms with van der Waals surface area (Å²) >= 11 is 0. The Labute approximate surface area is 224 Å². The highest BCUT2D eigenvalue weighted by Gasteiger charge is 2.25. The Morgan fingerprint density at radius 2 is 1.77 bits per heavy atom. The molecule has 1 fully saturated rings. The molecule has 0 bridgehead atoms. The molecule has 3 N–H and O–H groups in total. The molecular weight excluding hydrogens is 544 g/mol. The first-order valence-corrected chi connectivity index (χ1v) is 15.4. The van der Waals surface area contributed by atoms with Crippen LogP contribution in [0.5, 0.6) is 0 Å². The van der Waals surface area contributed by atoms with E-state index < -0.39 is 20.0 Å². The standard InChI is InChI=1S/C24H26N8O5S2/c1-38(34,35)31-8-6-19(7-9-31)29-24-28-13-17-3-5-22(33)32(23(17)30-24)15-16-2-4-21(27-11-16)18-10-20(14-26-12-18)39(25,36)37/h2-5,10-14,19H,6-9,15H2,1H3,(H2,25,36,37)(H,28,29,30). The SMILES string of the molecule is CS(=O)(=O)N1CCC(Nc2ncc3ccc(=O)n(Cc4ccc(-c5cncc(S(N)(=O)=O)c5)nc4)c3n2)CC1. The van der Waals surface area contributed by atoms with Gasteiger partial charge in [-0.1, -0.05) is 6.07 Å². The third-order valence-corrected chi connectivity index (χ3v) is 8.67. The molecule has 0 aliphatic carbocycles. The first kappa shape index (κ1) is 26.8. The molecule has 5 rings (SSSR count). The van der Waals surface area contributed by atoms with Gasteiger partial charge in [-0.25, -0.2) is 31.3 Å². The van der Waals surface area contributed by atoms with E-state index in [1.54, 1.807) is 30.6 Å². The highest BCUT2D eigenvalue weighted by molar-refractivity contribution is 7.89. The molecule has 15 heteroatoms. The number of nitrogens with one attached hydrogen (secondary N) is 1. The molecule has 1 saturated heterocycles. The Morgan fingerprint density at radius 3 is 2.44 bits per heavy atom. The van der Waals surface area contributed by atoms with Gasteiger partial charge in [-0.3, -0.25) is 19.3 Å². The largest absolute Gasteiger partial charge is 0.351 e. The molecule has 0 atom stereocenters. The molecule has 0 amide bonds. The van der Waals surface area contributed by atoms with Gasteiger partial charge in [-0.2, -0.15) is 4.98 Å². The van der Waals surface area contributed by atoms with Gasteiger partial charge in [0.05, 0.1) is 18.5 Å². The van der Waals surface area contributed by atoms with Gasteiger partial charge in [-0.15, -0.1) is 0 Å². The first-order chi connectivity index (χ1) is 18.5. The van der Waals surface area contributed by atoms with Gasteiger partial charge >= 0.3 is 0 Å². The maximum atomic E-state index is 12.8. The van der Waals surface area contributed by atoms with E-state index in [-0.39, 0.29) is 23.0 Å². The lowest BCUT2D eigenvalue weighted by Gasteiger charge is -2.30. The second kappa shape index (κ2) is 10.4. The van der Waals surface area contributed by atoms with E-state index in [0.717, 1.165) is 5.56 Å². The zero-order valence-corrected chi connectivity index (χ0v) is 22.6. The van der Waals surface area contributed by atoms with E-state index in [1.807, 2.05) is 0 Å². The Morgan fingerprint density at radius 1 is 1.00 bits per heavy atom. The van der Waals surface area contributed by atoms with Gasteiger partial charge < -0.3 is 5.32 Å². The molecule has 5 heterocycles. The van der Waals surface area contributed by atoms with E-state index in [9.17, 15) is 21.6 Å². The highest BCUT2D eigenvalue weighted by Crippen LogP contribution is 2.21. The van der Waals surface area contributed by atoms with Gasteiger partial charge in [-0.05, 0) is 36.6 Å². The number of piperidine rings is 1. The van der Waals surface area contributed by atoms with Crippen LogP contribution in [0.4, 0.5) is 5.95 Å². The molecule has 0 unspecified atom stereocenters. The predicted octanol–water partition coefficient (Wildman–Crippen LogP) is 0.780. The summed E-state index contributed by atoms with van der Waals surface area (Å²) in [5.74, 6) is 0.357. The summed E-state index contributed by atoms with van der Waals surface area (Å²) in [6.45, 7) is 1.03. The van der Waals surface area contributed by atoms with Crippen LogP contribution in [-0.4, -0.2) is 71.0 Å². The van der Waals surface area contributed by atoms with Gasteiger partial charge in [0.1, 0.15) is 10.5 Å². The average molecular weight is 571 g/mol. The molecular formula is C24H26N8O5S2. The van der Waals surface area contributed by atoms with Crippen molar-refractivity contribution in [1.82, 2.24) is 28.8 Å². The summed E-state index contributed by atoms with van der Waals surface area (Å²) in [5.41, 5.74) is 1.91. The van der Waals surface area contributed by atoms with E-state index in [2.05, 4.69) is 25.3 Å². The number of fused-ring (bicyclic) bond motifs is 1. The van der Waals surface area contributed by atoms with Crippen molar-refractivity contribution in [2.24, 2.45) is 5.14 Å². The van der Waals surface area contributed by atoms with Crippen LogP contribution in [0.3, 0.4) is 0 Å². The molecule has 4 aromatic heterocycles. The number of pyridine rings is 3. The molecule has 4 aromatic rings. The fourth-order valence-corrected chi connectivity index (χ4v) is 5.77. The van der Waals surface area contributed by atoms with Crippen LogP contribution < -0.4 is 16.0 Å². The minimum Gasteiger partial charge on any atom is -0.351 e. The Hall–Kier alpha value is -3.79. The van der Waals surface area contributed by atoms with Crippen LogP contribution in [0.15, 0.2) is 64.8 Å². The van der Waals surface area contributed by atoms with Crippen LogP contribution >= 0.6 is 0 Å². The van der Waals surface area contributed by atoms with Crippen LogP contribution in [0.1, 0.15) is 18.4 Å². The molecule has 204 valence electrons. The zero-order chi connectivity index (χ0) is 27.8. The van der Waals surface area contributed by atoms with Gasteiger partial charge in [0.2, 0.25) is 26.0 Å². The molecule has 1 aliphatic rings. The Kier molecular flexibility index (Phi) is 7.15. The van der Waals surface area contributed by atoms with Crippen LogP contribution in [-0.2, 0) is 26.6 Å². The lowest BCUT2D eigenvalue weighted by molar-refractivity contribution is 0.331. The molecule has 13 nitrogen and oxygen atoms in total. The third kappa shape index (κ3) is 6.11. The van der Waals surface area contributed by atoms with Gasteiger partial charge in [0.25, 0.3) is 5.56 Å². The smallest absolute Gasteiger partial charge is 0.252 e. The summed E-state index contributed by atoms with van der Waals surface area (Å²) in [5, 5.41) is 9.15. The van der Waals surface area contributed by atoms with Crippen molar-refractivity contribution in [3.05, 3.63) is 71.0 Å². The van der Waals surface area contributed by atoms with Crippen molar-refractivity contribution in [3.8, 4) is 11.3 Å². The van der Waals surface area contributed by atoms with E-state index in [1.165, 1.54) is 39.7 Å². The second-order valence-electron chi connectivity index (χ2n) is 9.32. The number of hydrogen-bond acceptors (Lipinski definition) is 10. The lowest BCUT2D eigenvalue weighted by Crippen LogP contribution is -2.42. The number of sulfonamides is 2. The summed E-state index contributed by atoms with van der Waals surface area (Å²) < 4.78 is 49.8. The minimum atomic E-state index is -3.90. The van der Waals surface area contributed by atoms with Crippen LogP contribution in [0.2, 0.25) is 0 Å². The first-order valence-electron chi connectivity index (χ1n) is 12.0. The lowest BCUT2D eigenvalue weighted by atomic mass is 10.1. The quantitative estimate of drug-likeness (QED) is 0.322. The maximum absolute atomic E-state index is 12.8. The summed E-state index contributed by atoms with van der Waals surface area (Å²) in [6.07, 6.45) is 8.33. The number of anilines is 1. The number of rotatable bonds is 7. The monoisotopic (exact) mass is 570 g/mol.